The quantitative estimate of drug-likeness (QED) is 0.641. The van der Waals surface area contributed by atoms with Gasteiger partial charge in [-0.2, -0.15) is 0 Å². The van der Waals surface area contributed by atoms with Gasteiger partial charge in [0.1, 0.15) is 5.00 Å². The van der Waals surface area contributed by atoms with Crippen LogP contribution < -0.4 is 10.2 Å². The molecule has 60 valence electrons. The molecule has 2 heterocycles. The maximum Gasteiger partial charge on any atom is 0.132 e. The van der Waals surface area contributed by atoms with Crippen molar-refractivity contribution in [2.45, 2.75) is 0 Å². The van der Waals surface area contributed by atoms with Crippen molar-refractivity contribution < 1.29 is 0 Å². The van der Waals surface area contributed by atoms with Gasteiger partial charge in [-0.3, -0.25) is 0 Å². The topological polar surface area (TPSA) is 41.1 Å². The number of hydrogen-bond acceptors (Lipinski definition) is 5. The van der Waals surface area contributed by atoms with Crippen molar-refractivity contribution in [1.29, 1.82) is 0 Å². The van der Waals surface area contributed by atoms with E-state index in [0.717, 1.165) is 26.2 Å². The fraction of sp³-hybridized carbons (Fsp3) is 0.667. The number of rotatable bonds is 1. The lowest BCUT2D eigenvalue weighted by atomic mass is 10.4. The summed E-state index contributed by atoms with van der Waals surface area (Å²) in [7, 11) is 0. The molecule has 0 amide bonds. The van der Waals surface area contributed by atoms with Crippen LogP contribution in [-0.4, -0.2) is 35.8 Å². The van der Waals surface area contributed by atoms with Crippen LogP contribution in [0.4, 0.5) is 5.00 Å². The molecule has 1 fully saturated rings. The second kappa shape index (κ2) is 3.15. The third-order valence-electron chi connectivity index (χ3n) is 1.78. The van der Waals surface area contributed by atoms with Gasteiger partial charge in [0.15, 0.2) is 0 Å². The van der Waals surface area contributed by atoms with E-state index < -0.39 is 0 Å². The van der Waals surface area contributed by atoms with Crippen LogP contribution in [0.3, 0.4) is 0 Å². The number of nitrogens with zero attached hydrogens (tertiary/aromatic N) is 3. The van der Waals surface area contributed by atoms with Crippen molar-refractivity contribution in [3.63, 3.8) is 0 Å². The zero-order valence-electron chi connectivity index (χ0n) is 6.16. The molecule has 0 spiro atoms. The van der Waals surface area contributed by atoms with Crippen LogP contribution in [0.2, 0.25) is 0 Å². The van der Waals surface area contributed by atoms with E-state index in [4.69, 9.17) is 0 Å². The largest absolute Gasteiger partial charge is 0.358 e. The molecule has 11 heavy (non-hydrogen) atoms. The molecule has 0 unspecified atom stereocenters. The molecule has 0 radical (unpaired) electrons. The van der Waals surface area contributed by atoms with Crippen molar-refractivity contribution >= 4 is 16.5 Å². The molecule has 1 aromatic heterocycles. The first-order valence-corrected chi connectivity index (χ1v) is 4.47. The fourth-order valence-corrected chi connectivity index (χ4v) is 1.76. The first kappa shape index (κ1) is 7.00. The smallest absolute Gasteiger partial charge is 0.132 e. The van der Waals surface area contributed by atoms with Gasteiger partial charge in [-0.25, -0.2) is 0 Å². The number of piperazine rings is 1. The Bertz CT molecular complexity index is 204. The van der Waals surface area contributed by atoms with E-state index in [0.29, 0.717) is 0 Å². The molecule has 0 saturated carbocycles. The van der Waals surface area contributed by atoms with Crippen LogP contribution >= 0.6 is 11.5 Å². The molecule has 1 aliphatic rings. The van der Waals surface area contributed by atoms with E-state index >= 15 is 0 Å². The average molecular weight is 170 g/mol. The highest BCUT2D eigenvalue weighted by atomic mass is 32.1. The van der Waals surface area contributed by atoms with Gasteiger partial charge >= 0.3 is 0 Å². The van der Waals surface area contributed by atoms with Gasteiger partial charge in [-0.1, -0.05) is 4.49 Å². The monoisotopic (exact) mass is 170 g/mol. The van der Waals surface area contributed by atoms with Crippen molar-refractivity contribution in [1.82, 2.24) is 14.9 Å². The first-order chi connectivity index (χ1) is 5.47. The molecular formula is C6H10N4S. The van der Waals surface area contributed by atoms with Gasteiger partial charge in [-0.05, 0) is 0 Å². The molecular weight excluding hydrogens is 160 g/mol. The molecule has 1 saturated heterocycles. The van der Waals surface area contributed by atoms with Crippen LogP contribution in [0.1, 0.15) is 0 Å². The summed E-state index contributed by atoms with van der Waals surface area (Å²) in [6, 6.07) is 0. The number of nitrogens with one attached hydrogen (secondary N) is 1. The maximum atomic E-state index is 3.83. The van der Waals surface area contributed by atoms with Crippen molar-refractivity contribution in [3.8, 4) is 0 Å². The molecule has 0 aliphatic carbocycles. The molecule has 1 aromatic rings. The minimum atomic E-state index is 1.07. The highest BCUT2D eigenvalue weighted by molar-refractivity contribution is 7.09. The van der Waals surface area contributed by atoms with Gasteiger partial charge < -0.3 is 10.2 Å². The summed E-state index contributed by atoms with van der Waals surface area (Å²) in [5, 5.41) is 8.29. The second-order valence-electron chi connectivity index (χ2n) is 2.49. The van der Waals surface area contributed by atoms with E-state index in [1.807, 2.05) is 6.20 Å². The fourth-order valence-electron chi connectivity index (χ4n) is 1.19. The lowest BCUT2D eigenvalue weighted by Gasteiger charge is -2.26. The maximum absolute atomic E-state index is 3.83. The van der Waals surface area contributed by atoms with E-state index in [1.54, 1.807) is 0 Å². The Morgan fingerprint density at radius 1 is 1.45 bits per heavy atom. The van der Waals surface area contributed by atoms with Crippen LogP contribution in [-0.2, 0) is 0 Å². The second-order valence-corrected chi connectivity index (χ2v) is 3.26. The highest BCUT2D eigenvalue weighted by Gasteiger charge is 2.11. The average Bonchev–Trinajstić information content (AvgIpc) is 2.58. The predicted molar refractivity (Wildman–Crippen MR) is 45.0 cm³/mol. The Balaban J connectivity index is 2.04. The Labute approximate surface area is 69.4 Å². The minimum absolute atomic E-state index is 1.07. The normalized spacial score (nSPS) is 18.7. The van der Waals surface area contributed by atoms with Crippen LogP contribution in [0, 0.1) is 0 Å². The van der Waals surface area contributed by atoms with Crippen molar-refractivity contribution in [3.05, 3.63) is 6.20 Å². The lowest BCUT2D eigenvalue weighted by Crippen LogP contribution is -2.43. The number of aromatic nitrogens is 2. The summed E-state index contributed by atoms with van der Waals surface area (Å²) in [5.74, 6) is 0. The van der Waals surface area contributed by atoms with E-state index in [9.17, 15) is 0 Å². The summed E-state index contributed by atoms with van der Waals surface area (Å²) >= 11 is 1.47. The molecule has 2 rings (SSSR count). The Morgan fingerprint density at radius 2 is 2.27 bits per heavy atom. The predicted octanol–water partition coefficient (Wildman–Crippen LogP) is -0.0523. The van der Waals surface area contributed by atoms with Crippen molar-refractivity contribution in [2.24, 2.45) is 0 Å². The van der Waals surface area contributed by atoms with E-state index in [2.05, 4.69) is 19.8 Å². The standard InChI is InChI=1S/C6H10N4S/c1-3-10(4-2-7-1)6-5-8-9-11-6/h5,7H,1-4H2. The molecule has 0 aromatic carbocycles. The Hall–Kier alpha value is -0.680. The van der Waals surface area contributed by atoms with E-state index in [1.165, 1.54) is 16.5 Å². The summed E-state index contributed by atoms with van der Waals surface area (Å²) < 4.78 is 3.83. The van der Waals surface area contributed by atoms with Gasteiger partial charge in [0.2, 0.25) is 0 Å². The minimum Gasteiger partial charge on any atom is -0.358 e. The van der Waals surface area contributed by atoms with Gasteiger partial charge in [0, 0.05) is 37.7 Å². The van der Waals surface area contributed by atoms with Gasteiger partial charge in [0.25, 0.3) is 0 Å². The zero-order valence-corrected chi connectivity index (χ0v) is 6.97. The van der Waals surface area contributed by atoms with Crippen LogP contribution in [0.25, 0.3) is 0 Å². The lowest BCUT2D eigenvalue weighted by molar-refractivity contribution is 0.591. The van der Waals surface area contributed by atoms with Crippen LogP contribution in [0.15, 0.2) is 6.20 Å². The Kier molecular flexibility index (Phi) is 2.00. The van der Waals surface area contributed by atoms with Gasteiger partial charge in [-0.15, -0.1) is 5.10 Å². The van der Waals surface area contributed by atoms with Crippen LogP contribution in [0.5, 0.6) is 0 Å². The summed E-state index contributed by atoms with van der Waals surface area (Å²) in [5.41, 5.74) is 0. The molecule has 4 nitrogen and oxygen atoms in total. The molecule has 5 heteroatoms. The highest BCUT2D eigenvalue weighted by Crippen LogP contribution is 2.16. The molecule has 1 N–H and O–H groups in total. The molecule has 0 bridgehead atoms. The third kappa shape index (κ3) is 1.49. The van der Waals surface area contributed by atoms with E-state index in [-0.39, 0.29) is 0 Å². The summed E-state index contributed by atoms with van der Waals surface area (Å²) in [6.45, 7) is 4.28. The van der Waals surface area contributed by atoms with Crippen molar-refractivity contribution in [2.75, 3.05) is 31.1 Å². The van der Waals surface area contributed by atoms with Gasteiger partial charge in [0.05, 0.1) is 6.20 Å². The number of hydrogen-bond donors (Lipinski definition) is 1. The molecule has 1 aliphatic heterocycles. The molecule has 0 atom stereocenters. The SMILES string of the molecule is c1nnsc1N1CCNCC1. The Morgan fingerprint density at radius 3 is 2.91 bits per heavy atom. The first-order valence-electron chi connectivity index (χ1n) is 3.70. The third-order valence-corrected chi connectivity index (χ3v) is 2.50. The summed E-state index contributed by atoms with van der Waals surface area (Å²) in [4.78, 5) is 2.31. The number of anilines is 1. The summed E-state index contributed by atoms with van der Waals surface area (Å²) in [6.07, 6.45) is 1.83. The zero-order chi connectivity index (χ0) is 7.52.